The van der Waals surface area contributed by atoms with Gasteiger partial charge in [-0.3, -0.25) is 4.68 Å². The van der Waals surface area contributed by atoms with Crippen molar-refractivity contribution in [3.05, 3.63) is 41.5 Å². The number of likely N-dealkylation sites (N-methyl/N-ethyl adjacent to an activating group) is 1. The first-order valence-electron chi connectivity index (χ1n) is 8.67. The van der Waals surface area contributed by atoms with E-state index in [1.165, 1.54) is 0 Å². The van der Waals surface area contributed by atoms with Gasteiger partial charge in [-0.15, -0.1) is 11.3 Å². The lowest BCUT2D eigenvalue weighted by Gasteiger charge is -2.40. The molecule has 1 N–H and O–H groups in total. The fourth-order valence-electron chi connectivity index (χ4n) is 3.54. The van der Waals surface area contributed by atoms with Gasteiger partial charge in [0.2, 0.25) is 0 Å². The average Bonchev–Trinajstić information content (AvgIpc) is 3.21. The molecule has 0 radical (unpaired) electrons. The minimum atomic E-state index is -0.440. The van der Waals surface area contributed by atoms with Crippen molar-refractivity contribution >= 4 is 32.6 Å². The van der Waals surface area contributed by atoms with Crippen molar-refractivity contribution in [2.24, 2.45) is 7.05 Å². The van der Waals surface area contributed by atoms with Crippen LogP contribution in [0.1, 0.15) is 17.4 Å². The monoisotopic (exact) mass is 365 g/mol. The molecule has 4 aromatic rings. The Balaban J connectivity index is 1.52. The molecule has 1 fully saturated rings. The van der Waals surface area contributed by atoms with Gasteiger partial charge in [-0.25, -0.2) is 9.97 Å². The normalized spacial score (nSPS) is 19.1. The maximum absolute atomic E-state index is 10.6. The summed E-state index contributed by atoms with van der Waals surface area (Å²) in [6.07, 6.45) is 4.38. The maximum atomic E-state index is 10.6. The lowest BCUT2D eigenvalue weighted by atomic mass is 9.97. The van der Waals surface area contributed by atoms with Crippen LogP contribution in [0.15, 0.2) is 36.7 Å². The van der Waals surface area contributed by atoms with Crippen LogP contribution < -0.4 is 0 Å². The number of aliphatic hydroxyl groups excluding tert-OH is 1. The molecule has 5 heterocycles. The number of aliphatic hydroxyl groups is 1. The Morgan fingerprint density at radius 1 is 1.23 bits per heavy atom. The molecule has 132 valence electrons. The van der Waals surface area contributed by atoms with Gasteiger partial charge in [0.25, 0.3) is 0 Å². The smallest absolute Gasteiger partial charge is 0.181 e. The van der Waals surface area contributed by atoms with Crippen LogP contribution in [0.25, 0.3) is 32.5 Å². The molecular formula is C19H19N5OS. The zero-order chi connectivity index (χ0) is 17.8. The van der Waals surface area contributed by atoms with Crippen molar-refractivity contribution in [3.63, 3.8) is 0 Å². The van der Waals surface area contributed by atoms with Crippen LogP contribution in [0.5, 0.6) is 0 Å². The number of pyridine rings is 2. The molecule has 1 aliphatic heterocycles. The summed E-state index contributed by atoms with van der Waals surface area (Å²) >= 11 is 1.58. The number of likely N-dealkylation sites (tertiary alicyclic amines) is 1. The van der Waals surface area contributed by atoms with Crippen LogP contribution in [0, 0.1) is 0 Å². The fourth-order valence-corrected chi connectivity index (χ4v) is 4.62. The van der Waals surface area contributed by atoms with Crippen LogP contribution in [0.3, 0.4) is 0 Å². The Morgan fingerprint density at radius 2 is 2.12 bits per heavy atom. The van der Waals surface area contributed by atoms with E-state index < -0.39 is 6.10 Å². The minimum Gasteiger partial charge on any atom is -0.386 e. The zero-order valence-electron chi connectivity index (χ0n) is 14.6. The van der Waals surface area contributed by atoms with Crippen LogP contribution in [-0.4, -0.2) is 49.4 Å². The molecule has 1 saturated heterocycles. The molecule has 0 aromatic carbocycles. The van der Waals surface area contributed by atoms with Gasteiger partial charge in [-0.05, 0) is 44.3 Å². The molecule has 0 aliphatic carbocycles. The summed E-state index contributed by atoms with van der Waals surface area (Å²) in [6.45, 7) is 1.05. The average molecular weight is 365 g/mol. The molecule has 6 nitrogen and oxygen atoms in total. The predicted octanol–water partition coefficient (Wildman–Crippen LogP) is 2.98. The highest BCUT2D eigenvalue weighted by Gasteiger charge is 2.32. The van der Waals surface area contributed by atoms with Crippen molar-refractivity contribution in [2.45, 2.75) is 18.6 Å². The molecule has 5 rings (SSSR count). The second-order valence-corrected chi connectivity index (χ2v) is 8.02. The largest absolute Gasteiger partial charge is 0.386 e. The molecule has 0 unspecified atom stereocenters. The van der Waals surface area contributed by atoms with Gasteiger partial charge in [0.05, 0.1) is 5.69 Å². The third-order valence-corrected chi connectivity index (χ3v) is 6.29. The van der Waals surface area contributed by atoms with Crippen molar-refractivity contribution in [3.8, 4) is 11.3 Å². The molecule has 7 heteroatoms. The highest BCUT2D eigenvalue weighted by molar-refractivity contribution is 7.18. The van der Waals surface area contributed by atoms with E-state index in [9.17, 15) is 5.11 Å². The third-order valence-electron chi connectivity index (χ3n) is 5.17. The van der Waals surface area contributed by atoms with Crippen molar-refractivity contribution in [2.75, 3.05) is 13.6 Å². The Morgan fingerprint density at radius 3 is 2.88 bits per heavy atom. The summed E-state index contributed by atoms with van der Waals surface area (Å²) < 4.78 is 1.77. The predicted molar refractivity (Wildman–Crippen MR) is 103 cm³/mol. The van der Waals surface area contributed by atoms with E-state index in [4.69, 9.17) is 4.98 Å². The van der Waals surface area contributed by atoms with Gasteiger partial charge in [0.15, 0.2) is 5.65 Å². The first-order valence-corrected chi connectivity index (χ1v) is 9.49. The van der Waals surface area contributed by atoms with Gasteiger partial charge < -0.3 is 10.0 Å². The summed E-state index contributed by atoms with van der Waals surface area (Å²) in [6, 6.07) is 8.44. The molecule has 2 atom stereocenters. The van der Waals surface area contributed by atoms with Gasteiger partial charge in [-0.1, -0.05) is 0 Å². The Labute approximate surface area is 154 Å². The van der Waals surface area contributed by atoms with Crippen LogP contribution in [0.2, 0.25) is 0 Å². The molecule has 0 saturated carbocycles. The number of rotatable bonds is 3. The molecule has 1 aliphatic rings. The number of fused-ring (bicyclic) bond motifs is 2. The van der Waals surface area contributed by atoms with E-state index in [1.807, 2.05) is 25.5 Å². The lowest BCUT2D eigenvalue weighted by molar-refractivity contribution is 0.00367. The summed E-state index contributed by atoms with van der Waals surface area (Å²) in [5, 5.41) is 17.0. The van der Waals surface area contributed by atoms with Crippen molar-refractivity contribution < 1.29 is 5.11 Å². The van der Waals surface area contributed by atoms with Crippen LogP contribution in [0.4, 0.5) is 0 Å². The summed E-state index contributed by atoms with van der Waals surface area (Å²) in [5.74, 6) is 0. The zero-order valence-corrected chi connectivity index (χ0v) is 15.4. The second-order valence-electron chi connectivity index (χ2n) is 6.96. The molecule has 26 heavy (non-hydrogen) atoms. The van der Waals surface area contributed by atoms with Gasteiger partial charge in [-0.2, -0.15) is 5.10 Å². The number of thiophene rings is 1. The Bertz CT molecular complexity index is 1120. The van der Waals surface area contributed by atoms with Crippen molar-refractivity contribution in [1.29, 1.82) is 0 Å². The Hall–Kier alpha value is -2.35. The number of hydrogen-bond acceptors (Lipinski definition) is 6. The van der Waals surface area contributed by atoms with Gasteiger partial charge in [0.1, 0.15) is 10.9 Å². The van der Waals surface area contributed by atoms with E-state index >= 15 is 0 Å². The molecule has 4 aromatic heterocycles. The van der Waals surface area contributed by atoms with E-state index in [0.29, 0.717) is 0 Å². The molecular weight excluding hydrogens is 346 g/mol. The van der Waals surface area contributed by atoms with E-state index in [0.717, 1.165) is 50.4 Å². The van der Waals surface area contributed by atoms with E-state index in [2.05, 4.69) is 40.2 Å². The first kappa shape index (κ1) is 15.9. The number of aromatic nitrogens is 4. The number of nitrogens with zero attached hydrogens (tertiary/aromatic N) is 5. The summed E-state index contributed by atoms with van der Waals surface area (Å²) in [5.41, 5.74) is 2.60. The molecule has 0 amide bonds. The molecule has 0 bridgehead atoms. The number of hydrogen-bond donors (Lipinski definition) is 1. The summed E-state index contributed by atoms with van der Waals surface area (Å²) in [7, 11) is 3.95. The lowest BCUT2D eigenvalue weighted by Crippen LogP contribution is -2.48. The Kier molecular flexibility index (Phi) is 3.56. The number of aryl methyl sites for hydroxylation is 1. The first-order chi connectivity index (χ1) is 12.6. The maximum Gasteiger partial charge on any atom is 0.181 e. The highest BCUT2D eigenvalue weighted by Crippen LogP contribution is 2.36. The SMILES string of the molecule is CN1CC[C@H]1[C@@H](O)c1cc2ccc(-c3cnc4nn(C)cc4c3)nc2s1. The van der Waals surface area contributed by atoms with E-state index in [-0.39, 0.29) is 6.04 Å². The highest BCUT2D eigenvalue weighted by atomic mass is 32.1. The fraction of sp³-hybridized carbons (Fsp3) is 0.316. The standard InChI is InChI=1S/C19H19N5OS/c1-23-6-5-15(23)17(25)16-8-11-3-4-14(21-19(11)26-16)12-7-13-10-24(2)22-18(13)20-9-12/h3-4,7-10,15,17,25H,5-6H2,1-2H3/t15-,17+/m0/s1. The third kappa shape index (κ3) is 2.51. The second kappa shape index (κ2) is 5.84. The van der Waals surface area contributed by atoms with Crippen LogP contribution in [-0.2, 0) is 7.05 Å². The van der Waals surface area contributed by atoms with Crippen molar-refractivity contribution in [1.82, 2.24) is 24.6 Å². The van der Waals surface area contributed by atoms with Gasteiger partial charge >= 0.3 is 0 Å². The minimum absolute atomic E-state index is 0.222. The van der Waals surface area contributed by atoms with Gasteiger partial charge in [0, 0.05) is 46.7 Å². The quantitative estimate of drug-likeness (QED) is 0.605. The molecule has 0 spiro atoms. The van der Waals surface area contributed by atoms with E-state index in [1.54, 1.807) is 16.0 Å². The summed E-state index contributed by atoms with van der Waals surface area (Å²) in [4.78, 5) is 13.4. The topological polar surface area (TPSA) is 67.1 Å². The van der Waals surface area contributed by atoms with Crippen LogP contribution >= 0.6 is 11.3 Å².